The summed E-state index contributed by atoms with van der Waals surface area (Å²) in [5.74, 6) is 1.47. The number of hydrogen-bond acceptors (Lipinski definition) is 2. The minimum Gasteiger partial charge on any atom is -0.313 e. The van der Waals surface area contributed by atoms with Crippen molar-refractivity contribution in [2.75, 3.05) is 12.3 Å². The summed E-state index contributed by atoms with van der Waals surface area (Å²) < 4.78 is 12.6. The molecule has 0 spiro atoms. The molecule has 1 saturated carbocycles. The van der Waals surface area contributed by atoms with Crippen LogP contribution in [0.25, 0.3) is 0 Å². The normalized spacial score (nSPS) is 19.5. The third-order valence-corrected chi connectivity index (χ3v) is 5.72. The molecule has 3 heteroatoms. The van der Waals surface area contributed by atoms with Gasteiger partial charge in [-0.15, -0.1) is 0 Å². The first-order chi connectivity index (χ1) is 9.22. The highest BCUT2D eigenvalue weighted by Crippen LogP contribution is 2.29. The SMILES string of the molecule is CCNC(CS(=O)c1ccccc1C)C1CCCC1. The summed E-state index contributed by atoms with van der Waals surface area (Å²) in [6, 6.07) is 8.45. The van der Waals surface area contributed by atoms with Crippen LogP contribution in [0.5, 0.6) is 0 Å². The lowest BCUT2D eigenvalue weighted by Crippen LogP contribution is -2.39. The van der Waals surface area contributed by atoms with Crippen LogP contribution in [-0.4, -0.2) is 22.5 Å². The van der Waals surface area contributed by atoms with E-state index in [4.69, 9.17) is 0 Å². The fourth-order valence-electron chi connectivity index (χ4n) is 3.05. The average molecular weight is 279 g/mol. The van der Waals surface area contributed by atoms with Gasteiger partial charge < -0.3 is 5.32 Å². The minimum absolute atomic E-state index is 0.410. The predicted octanol–water partition coefficient (Wildman–Crippen LogP) is 3.27. The Bertz CT molecular complexity index is 427. The van der Waals surface area contributed by atoms with E-state index in [0.717, 1.165) is 22.8 Å². The van der Waals surface area contributed by atoms with E-state index in [9.17, 15) is 4.21 Å². The van der Waals surface area contributed by atoms with E-state index >= 15 is 0 Å². The highest BCUT2D eigenvalue weighted by atomic mass is 32.2. The zero-order chi connectivity index (χ0) is 13.7. The Morgan fingerprint density at radius 3 is 2.63 bits per heavy atom. The van der Waals surface area contributed by atoms with Crippen LogP contribution in [0.4, 0.5) is 0 Å². The fourth-order valence-corrected chi connectivity index (χ4v) is 4.60. The third-order valence-electron chi connectivity index (χ3n) is 4.10. The van der Waals surface area contributed by atoms with Crippen molar-refractivity contribution in [3.63, 3.8) is 0 Å². The Hall–Kier alpha value is -0.670. The molecule has 0 heterocycles. The van der Waals surface area contributed by atoms with Gasteiger partial charge in [0.25, 0.3) is 0 Å². The van der Waals surface area contributed by atoms with Crippen molar-refractivity contribution in [3.05, 3.63) is 29.8 Å². The quantitative estimate of drug-likeness (QED) is 0.866. The lowest BCUT2D eigenvalue weighted by atomic mass is 10.00. The van der Waals surface area contributed by atoms with Crippen LogP contribution in [-0.2, 0) is 10.8 Å². The van der Waals surface area contributed by atoms with Crippen molar-refractivity contribution in [2.45, 2.75) is 50.5 Å². The zero-order valence-corrected chi connectivity index (χ0v) is 12.8. The summed E-state index contributed by atoms with van der Waals surface area (Å²) in [6.07, 6.45) is 5.26. The van der Waals surface area contributed by atoms with Gasteiger partial charge in [-0.1, -0.05) is 38.0 Å². The maximum atomic E-state index is 12.6. The zero-order valence-electron chi connectivity index (χ0n) is 12.0. The monoisotopic (exact) mass is 279 g/mol. The molecule has 0 saturated heterocycles. The molecule has 2 atom stereocenters. The van der Waals surface area contributed by atoms with Crippen LogP contribution in [0, 0.1) is 12.8 Å². The highest BCUT2D eigenvalue weighted by Gasteiger charge is 2.26. The Morgan fingerprint density at radius 2 is 2.00 bits per heavy atom. The van der Waals surface area contributed by atoms with Gasteiger partial charge in [0.15, 0.2) is 0 Å². The van der Waals surface area contributed by atoms with Gasteiger partial charge >= 0.3 is 0 Å². The molecule has 19 heavy (non-hydrogen) atoms. The number of nitrogens with one attached hydrogen (secondary N) is 1. The lowest BCUT2D eigenvalue weighted by Gasteiger charge is -2.24. The smallest absolute Gasteiger partial charge is 0.0548 e. The summed E-state index contributed by atoms with van der Waals surface area (Å²) in [5, 5.41) is 3.55. The van der Waals surface area contributed by atoms with E-state index in [1.54, 1.807) is 0 Å². The number of aryl methyl sites for hydroxylation is 1. The Labute approximate surface area is 119 Å². The first-order valence-corrected chi connectivity index (χ1v) is 8.71. The van der Waals surface area contributed by atoms with E-state index in [2.05, 4.69) is 12.2 Å². The highest BCUT2D eigenvalue weighted by molar-refractivity contribution is 7.85. The number of rotatable bonds is 6. The Balaban J connectivity index is 2.04. The van der Waals surface area contributed by atoms with Crippen molar-refractivity contribution in [1.82, 2.24) is 5.32 Å². The van der Waals surface area contributed by atoms with Crippen molar-refractivity contribution < 1.29 is 4.21 Å². The van der Waals surface area contributed by atoms with Crippen molar-refractivity contribution in [2.24, 2.45) is 5.92 Å². The standard InChI is InChI=1S/C16H25NOS/c1-3-17-15(14-9-5-6-10-14)12-19(18)16-11-7-4-8-13(16)2/h4,7-8,11,14-15,17H,3,5-6,9-10,12H2,1-2H3. The van der Waals surface area contributed by atoms with Crippen molar-refractivity contribution >= 4 is 10.8 Å². The van der Waals surface area contributed by atoms with Crippen LogP contribution >= 0.6 is 0 Å². The van der Waals surface area contributed by atoms with Gasteiger partial charge in [0.05, 0.1) is 10.8 Å². The molecule has 106 valence electrons. The minimum atomic E-state index is -0.885. The van der Waals surface area contributed by atoms with Gasteiger partial charge in [0.1, 0.15) is 0 Å². The van der Waals surface area contributed by atoms with Crippen molar-refractivity contribution in [3.8, 4) is 0 Å². The first kappa shape index (κ1) is 14.7. The molecule has 2 rings (SSSR count). The summed E-state index contributed by atoms with van der Waals surface area (Å²) in [6.45, 7) is 5.15. The first-order valence-electron chi connectivity index (χ1n) is 7.39. The van der Waals surface area contributed by atoms with Gasteiger partial charge in [-0.3, -0.25) is 4.21 Å². The van der Waals surface area contributed by atoms with Crippen LogP contribution in [0.15, 0.2) is 29.2 Å². The van der Waals surface area contributed by atoms with Crippen LogP contribution < -0.4 is 5.32 Å². The van der Waals surface area contributed by atoms with Crippen LogP contribution in [0.1, 0.15) is 38.2 Å². The second-order valence-electron chi connectivity index (χ2n) is 5.49. The molecule has 0 bridgehead atoms. The number of benzene rings is 1. The van der Waals surface area contributed by atoms with E-state index in [1.807, 2.05) is 31.2 Å². The van der Waals surface area contributed by atoms with E-state index in [0.29, 0.717) is 12.0 Å². The van der Waals surface area contributed by atoms with Gasteiger partial charge in [0.2, 0.25) is 0 Å². The molecule has 1 fully saturated rings. The molecule has 1 aliphatic carbocycles. The molecular formula is C16H25NOS. The van der Waals surface area contributed by atoms with E-state index in [1.165, 1.54) is 25.7 Å². The van der Waals surface area contributed by atoms with Crippen LogP contribution in [0.2, 0.25) is 0 Å². The topological polar surface area (TPSA) is 29.1 Å². The Kier molecular flexibility index (Phi) is 5.59. The lowest BCUT2D eigenvalue weighted by molar-refractivity contribution is 0.392. The second-order valence-corrected chi connectivity index (χ2v) is 6.95. The maximum absolute atomic E-state index is 12.6. The molecule has 1 aliphatic rings. The molecule has 2 nitrogen and oxygen atoms in total. The van der Waals surface area contributed by atoms with Crippen LogP contribution in [0.3, 0.4) is 0 Å². The molecule has 0 amide bonds. The van der Waals surface area contributed by atoms with Gasteiger partial charge in [-0.2, -0.15) is 0 Å². The predicted molar refractivity (Wildman–Crippen MR) is 81.9 cm³/mol. The molecule has 1 N–H and O–H groups in total. The summed E-state index contributed by atoms with van der Waals surface area (Å²) >= 11 is 0. The summed E-state index contributed by atoms with van der Waals surface area (Å²) in [4.78, 5) is 1.00. The molecule has 0 radical (unpaired) electrons. The molecule has 0 aliphatic heterocycles. The van der Waals surface area contributed by atoms with Gasteiger partial charge in [0, 0.05) is 16.7 Å². The van der Waals surface area contributed by atoms with Crippen molar-refractivity contribution in [1.29, 1.82) is 0 Å². The largest absolute Gasteiger partial charge is 0.313 e. The average Bonchev–Trinajstić information content (AvgIpc) is 2.92. The van der Waals surface area contributed by atoms with E-state index in [-0.39, 0.29) is 0 Å². The van der Waals surface area contributed by atoms with Gasteiger partial charge in [-0.05, 0) is 43.9 Å². The second kappa shape index (κ2) is 7.20. The molecule has 0 aromatic heterocycles. The van der Waals surface area contributed by atoms with E-state index < -0.39 is 10.8 Å². The Morgan fingerprint density at radius 1 is 1.32 bits per heavy atom. The molecule has 2 unspecified atom stereocenters. The number of hydrogen-bond donors (Lipinski definition) is 1. The molecule has 1 aromatic rings. The fraction of sp³-hybridized carbons (Fsp3) is 0.625. The van der Waals surface area contributed by atoms with Gasteiger partial charge in [-0.25, -0.2) is 0 Å². The molecular weight excluding hydrogens is 254 g/mol. The molecule has 1 aromatic carbocycles. The summed E-state index contributed by atoms with van der Waals surface area (Å²) in [5.41, 5.74) is 1.14. The third kappa shape index (κ3) is 3.90. The summed E-state index contributed by atoms with van der Waals surface area (Å²) in [7, 11) is -0.885. The maximum Gasteiger partial charge on any atom is 0.0548 e.